The Hall–Kier alpha value is 0.320. The summed E-state index contributed by atoms with van der Waals surface area (Å²) < 4.78 is 12.0. The minimum atomic E-state index is -0.754. The molecule has 0 aliphatic rings. The van der Waals surface area contributed by atoms with Crippen LogP contribution in [0, 0.1) is 0 Å². The lowest BCUT2D eigenvalue weighted by Crippen LogP contribution is -2.26. The van der Waals surface area contributed by atoms with Crippen LogP contribution in [0.4, 0.5) is 0 Å². The van der Waals surface area contributed by atoms with Gasteiger partial charge in [-0.15, -0.1) is 17.0 Å². The first-order chi connectivity index (χ1) is 16.2. The largest absolute Gasteiger partial charge is 0.379 e. The monoisotopic (exact) mass is 551 g/mol. The summed E-state index contributed by atoms with van der Waals surface area (Å²) >= 11 is 0. The molecular formula is C29H62BrNO3. The number of nitrogens with two attached hydrogens (primary N) is 1. The molecule has 0 aliphatic heterocycles. The standard InChI is InChI=1S/C29H61NO3.BrH/c1-3-5-7-9-11-13-15-17-19-21-25-32-27-28(23-24-29(30)31)33-26-22-20-18-16-14-12-10-8-6-4-2;/h28-29,31H,3-27,30H2,1-2H3;1H. The van der Waals surface area contributed by atoms with Crippen LogP contribution < -0.4 is 5.73 Å². The van der Waals surface area contributed by atoms with Crippen LogP contribution in [0.25, 0.3) is 0 Å². The van der Waals surface area contributed by atoms with Gasteiger partial charge in [0.15, 0.2) is 0 Å². The topological polar surface area (TPSA) is 64.7 Å². The Morgan fingerprint density at radius 2 is 0.941 bits per heavy atom. The summed E-state index contributed by atoms with van der Waals surface area (Å²) in [5.74, 6) is 0. The van der Waals surface area contributed by atoms with E-state index in [1.54, 1.807) is 0 Å². The predicted molar refractivity (Wildman–Crippen MR) is 154 cm³/mol. The lowest BCUT2D eigenvalue weighted by atomic mass is 10.1. The number of hydrogen-bond acceptors (Lipinski definition) is 4. The second-order valence-corrected chi connectivity index (χ2v) is 10.1. The summed E-state index contributed by atoms with van der Waals surface area (Å²) in [5.41, 5.74) is 5.53. The molecule has 208 valence electrons. The van der Waals surface area contributed by atoms with Crippen molar-refractivity contribution in [1.82, 2.24) is 0 Å². The van der Waals surface area contributed by atoms with Crippen LogP contribution in [0.1, 0.15) is 155 Å². The van der Waals surface area contributed by atoms with Crippen LogP contribution in [-0.4, -0.2) is 37.3 Å². The normalized spacial score (nSPS) is 13.1. The average molecular weight is 553 g/mol. The van der Waals surface area contributed by atoms with Crippen LogP contribution in [0.2, 0.25) is 0 Å². The Labute approximate surface area is 224 Å². The maximum absolute atomic E-state index is 9.42. The van der Waals surface area contributed by atoms with Gasteiger partial charge >= 0.3 is 0 Å². The minimum absolute atomic E-state index is 0. The molecule has 0 radical (unpaired) electrons. The Balaban J connectivity index is 0. The van der Waals surface area contributed by atoms with Gasteiger partial charge in [-0.05, 0) is 25.7 Å². The quantitative estimate of drug-likeness (QED) is 0.0752. The zero-order valence-corrected chi connectivity index (χ0v) is 24.8. The molecule has 4 nitrogen and oxygen atoms in total. The van der Waals surface area contributed by atoms with Crippen LogP contribution in [0.5, 0.6) is 0 Å². The lowest BCUT2D eigenvalue weighted by Gasteiger charge is -2.19. The molecule has 5 heteroatoms. The minimum Gasteiger partial charge on any atom is -0.379 e. The second-order valence-electron chi connectivity index (χ2n) is 10.1. The summed E-state index contributed by atoms with van der Waals surface area (Å²) in [6.45, 7) is 6.79. The molecule has 0 aromatic carbocycles. The van der Waals surface area contributed by atoms with Gasteiger partial charge in [0.25, 0.3) is 0 Å². The van der Waals surface area contributed by atoms with E-state index in [0.717, 1.165) is 32.5 Å². The Bertz CT molecular complexity index is 358. The van der Waals surface area contributed by atoms with Gasteiger partial charge in [-0.3, -0.25) is 0 Å². The van der Waals surface area contributed by atoms with E-state index in [2.05, 4.69) is 13.8 Å². The number of aliphatic hydroxyl groups excluding tert-OH is 1. The van der Waals surface area contributed by atoms with E-state index in [1.807, 2.05) is 0 Å². The van der Waals surface area contributed by atoms with Crippen molar-refractivity contribution < 1.29 is 14.6 Å². The summed E-state index contributed by atoms with van der Waals surface area (Å²) in [6, 6.07) is 0. The van der Waals surface area contributed by atoms with Gasteiger partial charge in [0.1, 0.15) is 6.23 Å². The number of hydrogen-bond donors (Lipinski definition) is 2. The van der Waals surface area contributed by atoms with E-state index >= 15 is 0 Å². The summed E-state index contributed by atoms with van der Waals surface area (Å²) in [7, 11) is 0. The van der Waals surface area contributed by atoms with Crippen molar-refractivity contribution in [2.24, 2.45) is 5.73 Å². The van der Waals surface area contributed by atoms with Gasteiger partial charge in [-0.1, -0.05) is 129 Å². The Morgan fingerprint density at radius 1 is 0.559 bits per heavy atom. The third-order valence-electron chi connectivity index (χ3n) is 6.58. The van der Waals surface area contributed by atoms with E-state index < -0.39 is 6.23 Å². The van der Waals surface area contributed by atoms with Gasteiger partial charge in [-0.2, -0.15) is 0 Å². The van der Waals surface area contributed by atoms with Gasteiger partial charge in [0.2, 0.25) is 0 Å². The van der Waals surface area contributed by atoms with E-state index in [1.165, 1.54) is 116 Å². The van der Waals surface area contributed by atoms with Crippen molar-refractivity contribution in [3.05, 3.63) is 0 Å². The van der Waals surface area contributed by atoms with Gasteiger partial charge in [0.05, 0.1) is 12.7 Å². The fraction of sp³-hybridized carbons (Fsp3) is 1.00. The SMILES string of the molecule is Br.CCCCCCCCCCCCOCC(CCC(N)O)OCCCCCCCCCCCC. The summed E-state index contributed by atoms with van der Waals surface area (Å²) in [5, 5.41) is 9.42. The third kappa shape index (κ3) is 30.4. The highest BCUT2D eigenvalue weighted by atomic mass is 79.9. The number of rotatable bonds is 28. The van der Waals surface area contributed by atoms with Gasteiger partial charge in [-0.25, -0.2) is 0 Å². The molecule has 0 aliphatic carbocycles. The van der Waals surface area contributed by atoms with Crippen molar-refractivity contribution in [2.75, 3.05) is 19.8 Å². The molecule has 0 aromatic heterocycles. The fourth-order valence-corrected chi connectivity index (χ4v) is 4.32. The lowest BCUT2D eigenvalue weighted by molar-refractivity contribution is -0.0280. The highest BCUT2D eigenvalue weighted by Gasteiger charge is 2.11. The van der Waals surface area contributed by atoms with Crippen molar-refractivity contribution in [3.63, 3.8) is 0 Å². The van der Waals surface area contributed by atoms with Crippen LogP contribution in [-0.2, 0) is 9.47 Å². The molecule has 0 fully saturated rings. The van der Waals surface area contributed by atoms with Gasteiger partial charge < -0.3 is 20.3 Å². The van der Waals surface area contributed by atoms with Crippen molar-refractivity contribution in [2.45, 2.75) is 167 Å². The molecule has 3 N–H and O–H groups in total. The molecule has 0 bridgehead atoms. The highest BCUT2D eigenvalue weighted by molar-refractivity contribution is 8.93. The number of aliphatic hydroxyl groups is 1. The Morgan fingerprint density at radius 3 is 1.35 bits per heavy atom. The maximum atomic E-state index is 9.42. The molecule has 0 rings (SSSR count). The molecule has 2 unspecified atom stereocenters. The first-order valence-corrected chi connectivity index (χ1v) is 14.8. The first-order valence-electron chi connectivity index (χ1n) is 14.8. The number of ether oxygens (including phenoxy) is 2. The molecule has 0 saturated carbocycles. The average Bonchev–Trinajstić information content (AvgIpc) is 2.81. The van der Waals surface area contributed by atoms with Crippen molar-refractivity contribution in [1.29, 1.82) is 0 Å². The molecule has 0 saturated heterocycles. The molecule has 0 spiro atoms. The highest BCUT2D eigenvalue weighted by Crippen LogP contribution is 2.13. The van der Waals surface area contributed by atoms with Crippen LogP contribution in [0.15, 0.2) is 0 Å². The fourth-order valence-electron chi connectivity index (χ4n) is 4.32. The van der Waals surface area contributed by atoms with E-state index in [4.69, 9.17) is 15.2 Å². The maximum Gasteiger partial charge on any atom is 0.102 e. The molecule has 0 aromatic rings. The molecule has 0 heterocycles. The zero-order valence-electron chi connectivity index (χ0n) is 23.1. The van der Waals surface area contributed by atoms with E-state index in [-0.39, 0.29) is 23.1 Å². The molecule has 34 heavy (non-hydrogen) atoms. The molecule has 2 atom stereocenters. The van der Waals surface area contributed by atoms with Crippen LogP contribution in [0.3, 0.4) is 0 Å². The van der Waals surface area contributed by atoms with Crippen LogP contribution >= 0.6 is 17.0 Å². The smallest absolute Gasteiger partial charge is 0.102 e. The first kappa shape index (κ1) is 36.5. The zero-order chi connectivity index (χ0) is 24.2. The predicted octanol–water partition coefficient (Wildman–Crippen LogP) is 8.87. The molecule has 0 amide bonds. The summed E-state index contributed by atoms with van der Waals surface area (Å²) in [4.78, 5) is 0. The van der Waals surface area contributed by atoms with E-state index in [9.17, 15) is 5.11 Å². The Kier molecular flexibility index (Phi) is 33.6. The molecular weight excluding hydrogens is 490 g/mol. The number of halogens is 1. The summed E-state index contributed by atoms with van der Waals surface area (Å²) in [6.07, 6.45) is 27.5. The second kappa shape index (κ2) is 31.4. The van der Waals surface area contributed by atoms with Crippen molar-refractivity contribution in [3.8, 4) is 0 Å². The van der Waals surface area contributed by atoms with Gasteiger partial charge in [0, 0.05) is 13.2 Å². The number of unbranched alkanes of at least 4 members (excludes halogenated alkanes) is 18. The third-order valence-corrected chi connectivity index (χ3v) is 6.58. The van der Waals surface area contributed by atoms with E-state index in [0.29, 0.717) is 13.0 Å². The van der Waals surface area contributed by atoms with Crippen molar-refractivity contribution >= 4 is 17.0 Å².